The van der Waals surface area contributed by atoms with E-state index in [4.69, 9.17) is 5.11 Å². The molecule has 0 saturated heterocycles. The third-order valence-electron chi connectivity index (χ3n) is 3.15. The molecule has 1 aromatic rings. The van der Waals surface area contributed by atoms with E-state index < -0.39 is 5.97 Å². The zero-order chi connectivity index (χ0) is 15.1. The molecule has 20 heavy (non-hydrogen) atoms. The third-order valence-corrected chi connectivity index (χ3v) is 3.15. The second-order valence-corrected chi connectivity index (χ2v) is 5.00. The number of carboxylic acids is 1. The van der Waals surface area contributed by atoms with Crippen molar-refractivity contribution in [3.8, 4) is 0 Å². The van der Waals surface area contributed by atoms with Crippen LogP contribution in [-0.2, 0) is 4.79 Å². The van der Waals surface area contributed by atoms with E-state index in [1.54, 1.807) is 7.05 Å². The zero-order valence-electron chi connectivity index (χ0n) is 12.2. The molecule has 5 heteroatoms. The van der Waals surface area contributed by atoms with Crippen LogP contribution in [0.15, 0.2) is 24.3 Å². The molecule has 0 aliphatic carbocycles. The Morgan fingerprint density at radius 3 is 2.45 bits per heavy atom. The minimum absolute atomic E-state index is 0.0745. The molecule has 0 saturated carbocycles. The predicted octanol–water partition coefficient (Wildman–Crippen LogP) is 2.56. The lowest BCUT2D eigenvalue weighted by molar-refractivity contribution is -0.137. The summed E-state index contributed by atoms with van der Waals surface area (Å²) in [5, 5.41) is 11.5. The lowest BCUT2D eigenvalue weighted by atomic mass is 10.1. The number of carbonyl (C=O) groups is 2. The number of hydrogen-bond acceptors (Lipinski definition) is 2. The number of carbonyl (C=O) groups excluding carboxylic acids is 1. The Hall–Kier alpha value is -2.04. The quantitative estimate of drug-likeness (QED) is 0.840. The average Bonchev–Trinajstić information content (AvgIpc) is 2.38. The summed E-state index contributed by atoms with van der Waals surface area (Å²) in [5.41, 5.74) is 2.22. The van der Waals surface area contributed by atoms with Gasteiger partial charge < -0.3 is 15.3 Å². The van der Waals surface area contributed by atoms with Crippen molar-refractivity contribution in [2.24, 2.45) is 0 Å². The molecule has 2 N–H and O–H groups in total. The topological polar surface area (TPSA) is 69.6 Å². The number of aliphatic carboxylic acids is 1. The Morgan fingerprint density at radius 2 is 1.90 bits per heavy atom. The molecular formula is C15H22N2O3. The highest BCUT2D eigenvalue weighted by Crippen LogP contribution is 2.13. The highest BCUT2D eigenvalue weighted by Gasteiger charge is 2.13. The Labute approximate surface area is 119 Å². The first-order valence-corrected chi connectivity index (χ1v) is 6.70. The predicted molar refractivity (Wildman–Crippen MR) is 77.6 cm³/mol. The van der Waals surface area contributed by atoms with Crippen molar-refractivity contribution in [3.05, 3.63) is 35.4 Å². The lowest BCUT2D eigenvalue weighted by Gasteiger charge is -2.21. The van der Waals surface area contributed by atoms with E-state index in [1.807, 2.05) is 38.1 Å². The smallest absolute Gasteiger partial charge is 0.317 e. The van der Waals surface area contributed by atoms with Gasteiger partial charge in [-0.2, -0.15) is 0 Å². The van der Waals surface area contributed by atoms with Gasteiger partial charge in [0.1, 0.15) is 0 Å². The summed E-state index contributed by atoms with van der Waals surface area (Å²) in [5.74, 6) is -0.841. The summed E-state index contributed by atoms with van der Waals surface area (Å²) in [7, 11) is 1.67. The van der Waals surface area contributed by atoms with Crippen LogP contribution < -0.4 is 5.32 Å². The van der Waals surface area contributed by atoms with E-state index in [2.05, 4.69) is 5.32 Å². The molecule has 0 bridgehead atoms. The van der Waals surface area contributed by atoms with Crippen LogP contribution in [0.1, 0.15) is 36.9 Å². The van der Waals surface area contributed by atoms with Gasteiger partial charge in [-0.3, -0.25) is 4.79 Å². The number of urea groups is 1. The molecule has 1 aromatic carbocycles. The summed E-state index contributed by atoms with van der Waals surface area (Å²) >= 11 is 0. The van der Waals surface area contributed by atoms with Crippen molar-refractivity contribution >= 4 is 12.0 Å². The van der Waals surface area contributed by atoms with Gasteiger partial charge in [-0.25, -0.2) is 4.79 Å². The lowest BCUT2D eigenvalue weighted by Crippen LogP contribution is -2.39. The van der Waals surface area contributed by atoms with Crippen LogP contribution >= 0.6 is 0 Å². The minimum atomic E-state index is -0.841. The molecule has 2 amide bonds. The normalized spacial score (nSPS) is 11.8. The van der Waals surface area contributed by atoms with Crippen molar-refractivity contribution in [1.82, 2.24) is 10.2 Å². The van der Waals surface area contributed by atoms with E-state index in [0.29, 0.717) is 13.0 Å². The van der Waals surface area contributed by atoms with Crippen LogP contribution in [0.5, 0.6) is 0 Å². The van der Waals surface area contributed by atoms with Crippen molar-refractivity contribution in [2.75, 3.05) is 13.6 Å². The number of aryl methyl sites for hydroxylation is 1. The van der Waals surface area contributed by atoms with E-state index in [9.17, 15) is 9.59 Å². The first kappa shape index (κ1) is 16.0. The van der Waals surface area contributed by atoms with Crippen LogP contribution in [-0.4, -0.2) is 35.6 Å². The van der Waals surface area contributed by atoms with Crippen LogP contribution in [0.2, 0.25) is 0 Å². The monoisotopic (exact) mass is 278 g/mol. The largest absolute Gasteiger partial charge is 0.481 e. The number of amides is 2. The Bertz CT molecular complexity index is 457. The van der Waals surface area contributed by atoms with Crippen molar-refractivity contribution < 1.29 is 14.7 Å². The van der Waals surface area contributed by atoms with E-state index in [0.717, 1.165) is 5.56 Å². The fourth-order valence-electron chi connectivity index (χ4n) is 1.80. The molecule has 1 rings (SSSR count). The molecule has 0 aliphatic rings. The molecular weight excluding hydrogens is 256 g/mol. The maximum atomic E-state index is 11.9. The first-order chi connectivity index (χ1) is 9.40. The van der Waals surface area contributed by atoms with E-state index in [1.165, 1.54) is 10.5 Å². The number of nitrogens with zero attached hydrogens (tertiary/aromatic N) is 1. The fourth-order valence-corrected chi connectivity index (χ4v) is 1.80. The molecule has 0 spiro atoms. The summed E-state index contributed by atoms with van der Waals surface area (Å²) in [6, 6.07) is 7.73. The summed E-state index contributed by atoms with van der Waals surface area (Å²) < 4.78 is 0. The molecule has 0 fully saturated rings. The molecule has 0 radical (unpaired) electrons. The molecule has 0 heterocycles. The van der Waals surface area contributed by atoms with Crippen LogP contribution in [0, 0.1) is 6.92 Å². The van der Waals surface area contributed by atoms with Gasteiger partial charge in [0.25, 0.3) is 0 Å². The number of benzene rings is 1. The zero-order valence-corrected chi connectivity index (χ0v) is 12.2. The van der Waals surface area contributed by atoms with Gasteiger partial charge in [0.15, 0.2) is 0 Å². The second-order valence-electron chi connectivity index (χ2n) is 5.00. The maximum absolute atomic E-state index is 11.9. The standard InChI is InChI=1S/C15H22N2O3/c1-11-6-8-13(9-7-11)12(2)16-15(20)17(3)10-4-5-14(18)19/h6-9,12H,4-5,10H2,1-3H3,(H,16,20)(H,18,19). The highest BCUT2D eigenvalue weighted by molar-refractivity contribution is 5.74. The number of carboxylic acid groups (broad SMARTS) is 1. The van der Waals surface area contributed by atoms with Crippen LogP contribution in [0.4, 0.5) is 4.79 Å². The van der Waals surface area contributed by atoms with Gasteiger partial charge in [0.05, 0.1) is 6.04 Å². The average molecular weight is 278 g/mol. The van der Waals surface area contributed by atoms with Crippen molar-refractivity contribution in [3.63, 3.8) is 0 Å². The number of nitrogens with one attached hydrogen (secondary N) is 1. The van der Waals surface area contributed by atoms with Gasteiger partial charge in [0.2, 0.25) is 0 Å². The second kappa shape index (κ2) is 7.53. The highest BCUT2D eigenvalue weighted by atomic mass is 16.4. The van der Waals surface area contributed by atoms with Crippen molar-refractivity contribution in [1.29, 1.82) is 0 Å². The molecule has 0 aliphatic heterocycles. The molecule has 1 atom stereocenters. The Kier molecular flexibility index (Phi) is 6.03. The fraction of sp³-hybridized carbons (Fsp3) is 0.467. The van der Waals surface area contributed by atoms with E-state index >= 15 is 0 Å². The van der Waals surface area contributed by atoms with Gasteiger partial charge >= 0.3 is 12.0 Å². The van der Waals surface area contributed by atoms with Gasteiger partial charge in [-0.1, -0.05) is 29.8 Å². The summed E-state index contributed by atoms with van der Waals surface area (Å²) in [6.07, 6.45) is 0.531. The SMILES string of the molecule is Cc1ccc(C(C)NC(=O)N(C)CCCC(=O)O)cc1. The van der Waals surface area contributed by atoms with Gasteiger partial charge in [0, 0.05) is 20.0 Å². The molecule has 5 nitrogen and oxygen atoms in total. The third kappa shape index (κ3) is 5.30. The minimum Gasteiger partial charge on any atom is -0.481 e. The van der Waals surface area contributed by atoms with Crippen LogP contribution in [0.3, 0.4) is 0 Å². The Balaban J connectivity index is 2.44. The molecule has 110 valence electrons. The van der Waals surface area contributed by atoms with Crippen molar-refractivity contribution in [2.45, 2.75) is 32.7 Å². The molecule has 0 aromatic heterocycles. The summed E-state index contributed by atoms with van der Waals surface area (Å²) in [4.78, 5) is 23.9. The number of rotatable bonds is 6. The van der Waals surface area contributed by atoms with Gasteiger partial charge in [-0.05, 0) is 25.8 Å². The first-order valence-electron chi connectivity index (χ1n) is 6.70. The van der Waals surface area contributed by atoms with Gasteiger partial charge in [-0.15, -0.1) is 0 Å². The van der Waals surface area contributed by atoms with E-state index in [-0.39, 0.29) is 18.5 Å². The van der Waals surface area contributed by atoms with Crippen LogP contribution in [0.25, 0.3) is 0 Å². The maximum Gasteiger partial charge on any atom is 0.317 e. The number of hydrogen-bond donors (Lipinski definition) is 2. The summed E-state index contributed by atoms with van der Waals surface area (Å²) in [6.45, 7) is 4.37. The molecule has 1 unspecified atom stereocenters. The Morgan fingerprint density at radius 1 is 1.30 bits per heavy atom.